The van der Waals surface area contributed by atoms with Crippen molar-refractivity contribution in [1.82, 2.24) is 10.0 Å². The molecule has 3 aromatic rings. The summed E-state index contributed by atoms with van der Waals surface area (Å²) in [7, 11) is -3.90. The lowest BCUT2D eigenvalue weighted by molar-refractivity contribution is -0.127. The minimum absolute atomic E-state index is 0.0578. The maximum absolute atomic E-state index is 13.5. The maximum atomic E-state index is 13.5. The van der Waals surface area contributed by atoms with Crippen LogP contribution in [0.5, 0.6) is 0 Å². The van der Waals surface area contributed by atoms with Crippen LogP contribution < -0.4 is 14.9 Å². The van der Waals surface area contributed by atoms with Gasteiger partial charge in [-0.1, -0.05) is 49.7 Å². The first-order valence-electron chi connectivity index (χ1n) is 11.3. The Labute approximate surface area is 206 Å². The zero-order valence-corrected chi connectivity index (χ0v) is 21.1. The Morgan fingerprint density at radius 3 is 2.31 bits per heavy atom. The third-order valence-corrected chi connectivity index (χ3v) is 6.96. The van der Waals surface area contributed by atoms with Gasteiger partial charge in [0, 0.05) is 5.69 Å². The summed E-state index contributed by atoms with van der Waals surface area (Å²) in [6.45, 7) is 7.15. The van der Waals surface area contributed by atoms with Crippen LogP contribution in [-0.4, -0.2) is 32.8 Å². The lowest BCUT2D eigenvalue weighted by Crippen LogP contribution is -2.55. The van der Waals surface area contributed by atoms with Crippen molar-refractivity contribution in [2.75, 3.05) is 11.4 Å². The van der Waals surface area contributed by atoms with E-state index in [-0.39, 0.29) is 23.3 Å². The van der Waals surface area contributed by atoms with Crippen LogP contribution in [-0.2, 0) is 26.2 Å². The molecule has 1 heterocycles. The molecule has 1 aromatic heterocycles. The number of anilines is 1. The van der Waals surface area contributed by atoms with Gasteiger partial charge >= 0.3 is 0 Å². The first kappa shape index (κ1) is 26.2. The molecule has 0 fully saturated rings. The lowest BCUT2D eigenvalue weighted by Gasteiger charge is -2.34. The Kier molecular flexibility index (Phi) is 8.48. The molecule has 9 heteroatoms. The number of benzene rings is 2. The number of sulfonamides is 1. The molecule has 2 aromatic carbocycles. The number of hydrogen-bond donors (Lipinski definition) is 2. The fourth-order valence-corrected chi connectivity index (χ4v) is 4.85. The number of aryl methyl sites for hydroxylation is 2. The molecule has 0 aliphatic carbocycles. The third kappa shape index (κ3) is 6.58. The summed E-state index contributed by atoms with van der Waals surface area (Å²) in [4.78, 5) is 28.3. The van der Waals surface area contributed by atoms with Gasteiger partial charge in [0.05, 0.1) is 24.2 Å². The van der Waals surface area contributed by atoms with Gasteiger partial charge in [0.2, 0.25) is 21.8 Å². The molecule has 0 saturated carbocycles. The molecule has 0 bridgehead atoms. The zero-order chi connectivity index (χ0) is 25.6. The van der Waals surface area contributed by atoms with E-state index in [0.29, 0.717) is 11.4 Å². The highest BCUT2D eigenvalue weighted by Crippen LogP contribution is 2.27. The summed E-state index contributed by atoms with van der Waals surface area (Å²) in [5.41, 5.74) is 2.35. The van der Waals surface area contributed by atoms with Crippen LogP contribution in [0.1, 0.15) is 30.7 Å². The Morgan fingerprint density at radius 2 is 1.71 bits per heavy atom. The molecule has 2 amide bonds. The molecule has 3 rings (SSSR count). The molecule has 0 unspecified atom stereocenters. The molecule has 2 N–H and O–H groups in total. The quantitative estimate of drug-likeness (QED) is 0.445. The first-order valence-corrected chi connectivity index (χ1v) is 12.8. The number of carbonyl (C=O) groups excluding carboxylic acids is 2. The normalized spacial score (nSPS) is 12.4. The summed E-state index contributed by atoms with van der Waals surface area (Å²) in [5.74, 6) is -0.582. The topological polar surface area (TPSA) is 109 Å². The molecule has 0 spiro atoms. The van der Waals surface area contributed by atoms with E-state index in [1.807, 2.05) is 39.8 Å². The fraction of sp³-hybridized carbons (Fsp3) is 0.308. The van der Waals surface area contributed by atoms with Gasteiger partial charge in [-0.15, -0.1) is 0 Å². The zero-order valence-electron chi connectivity index (χ0n) is 20.3. The monoisotopic (exact) mass is 497 g/mol. The number of nitrogens with zero attached hydrogens (tertiary/aromatic N) is 1. The summed E-state index contributed by atoms with van der Waals surface area (Å²) in [5, 5.41) is 2.84. The van der Waals surface area contributed by atoms with Gasteiger partial charge < -0.3 is 9.73 Å². The number of furan rings is 1. The minimum atomic E-state index is -3.90. The summed E-state index contributed by atoms with van der Waals surface area (Å²) in [6, 6.07) is 16.0. The third-order valence-electron chi connectivity index (χ3n) is 5.54. The lowest BCUT2D eigenvalue weighted by atomic mass is 9.98. The second kappa shape index (κ2) is 11.3. The molecule has 35 heavy (non-hydrogen) atoms. The van der Waals surface area contributed by atoms with Crippen LogP contribution >= 0.6 is 0 Å². The first-order chi connectivity index (χ1) is 16.6. The number of nitrogens with one attached hydrogen (secondary N) is 2. The van der Waals surface area contributed by atoms with Gasteiger partial charge in [0.25, 0.3) is 0 Å². The van der Waals surface area contributed by atoms with Crippen LogP contribution in [0.2, 0.25) is 0 Å². The highest BCUT2D eigenvalue weighted by molar-refractivity contribution is 7.89. The SMILES string of the molecule is Cc1ccc(N(C(=O)CNS(=O)(=O)c2ccccc2)[C@@H](C(=O)NCc2ccco2)C(C)C)c(C)c1. The Bertz CT molecular complexity index is 1260. The highest BCUT2D eigenvalue weighted by Gasteiger charge is 2.35. The van der Waals surface area contributed by atoms with Crippen molar-refractivity contribution in [2.45, 2.75) is 45.2 Å². The molecule has 186 valence electrons. The van der Waals surface area contributed by atoms with Crippen LogP contribution in [0, 0.1) is 19.8 Å². The fourth-order valence-electron chi connectivity index (χ4n) is 3.85. The van der Waals surface area contributed by atoms with Crippen LogP contribution in [0.3, 0.4) is 0 Å². The van der Waals surface area contributed by atoms with Crippen molar-refractivity contribution in [3.05, 3.63) is 83.8 Å². The van der Waals surface area contributed by atoms with Crippen LogP contribution in [0.25, 0.3) is 0 Å². The van der Waals surface area contributed by atoms with E-state index in [4.69, 9.17) is 4.42 Å². The number of carbonyl (C=O) groups is 2. The molecular formula is C26H31N3O5S. The van der Waals surface area contributed by atoms with Crippen molar-refractivity contribution in [2.24, 2.45) is 5.92 Å². The summed E-state index contributed by atoms with van der Waals surface area (Å²) < 4.78 is 33.1. The largest absolute Gasteiger partial charge is 0.467 e. The van der Waals surface area contributed by atoms with E-state index < -0.39 is 28.5 Å². The molecule has 1 atom stereocenters. The maximum Gasteiger partial charge on any atom is 0.243 e. The summed E-state index contributed by atoms with van der Waals surface area (Å²) >= 11 is 0. The van der Waals surface area contributed by atoms with Gasteiger partial charge in [0.15, 0.2) is 0 Å². The molecular weight excluding hydrogens is 466 g/mol. The molecule has 0 aliphatic rings. The second-order valence-electron chi connectivity index (χ2n) is 8.68. The van der Waals surface area contributed by atoms with Crippen molar-refractivity contribution < 1.29 is 22.4 Å². The van der Waals surface area contributed by atoms with Gasteiger partial charge in [-0.25, -0.2) is 13.1 Å². The van der Waals surface area contributed by atoms with E-state index in [2.05, 4.69) is 10.0 Å². The molecule has 8 nitrogen and oxygen atoms in total. The van der Waals surface area contributed by atoms with Crippen LogP contribution in [0.4, 0.5) is 5.69 Å². The average Bonchev–Trinajstić information content (AvgIpc) is 3.34. The van der Waals surface area contributed by atoms with E-state index in [9.17, 15) is 18.0 Å². The second-order valence-corrected chi connectivity index (χ2v) is 10.4. The standard InChI is InChI=1S/C26H31N3O5S/c1-18(2)25(26(31)27-16-21-9-8-14-34-21)29(23-13-12-19(3)15-20(23)4)24(30)17-28-35(32,33)22-10-6-5-7-11-22/h5-15,18,25,28H,16-17H2,1-4H3,(H,27,31)/t25-/m1/s1. The molecule has 0 aliphatic heterocycles. The smallest absolute Gasteiger partial charge is 0.243 e. The number of amides is 2. The molecule has 0 radical (unpaired) electrons. The Hall–Kier alpha value is -3.43. The van der Waals surface area contributed by atoms with E-state index in [0.717, 1.165) is 11.1 Å². The minimum Gasteiger partial charge on any atom is -0.467 e. The van der Waals surface area contributed by atoms with Gasteiger partial charge in [0.1, 0.15) is 11.8 Å². The van der Waals surface area contributed by atoms with E-state index in [1.54, 1.807) is 36.4 Å². The van der Waals surface area contributed by atoms with Crippen molar-refractivity contribution in [3.8, 4) is 0 Å². The van der Waals surface area contributed by atoms with Gasteiger partial charge in [-0.3, -0.25) is 14.5 Å². The predicted octanol–water partition coefficient (Wildman–Crippen LogP) is 3.55. The van der Waals surface area contributed by atoms with Crippen molar-refractivity contribution in [1.29, 1.82) is 0 Å². The highest BCUT2D eigenvalue weighted by atomic mass is 32.2. The average molecular weight is 498 g/mol. The number of rotatable bonds is 10. The predicted molar refractivity (Wildman–Crippen MR) is 134 cm³/mol. The Morgan fingerprint density at radius 1 is 1.00 bits per heavy atom. The Balaban J connectivity index is 1.91. The van der Waals surface area contributed by atoms with Crippen molar-refractivity contribution >= 4 is 27.5 Å². The number of hydrogen-bond acceptors (Lipinski definition) is 5. The molecule has 0 saturated heterocycles. The van der Waals surface area contributed by atoms with Gasteiger partial charge in [-0.05, 0) is 55.7 Å². The van der Waals surface area contributed by atoms with Crippen molar-refractivity contribution in [3.63, 3.8) is 0 Å². The van der Waals surface area contributed by atoms with Gasteiger partial charge in [-0.2, -0.15) is 0 Å². The van der Waals surface area contributed by atoms with E-state index >= 15 is 0 Å². The summed E-state index contributed by atoms with van der Waals surface area (Å²) in [6.07, 6.45) is 1.52. The van der Waals surface area contributed by atoms with E-state index in [1.165, 1.54) is 23.3 Å². The van der Waals surface area contributed by atoms with Crippen LogP contribution in [0.15, 0.2) is 76.2 Å².